The third-order valence-electron chi connectivity index (χ3n) is 3.09. The molecule has 0 amide bonds. The van der Waals surface area contributed by atoms with E-state index in [0.717, 1.165) is 16.8 Å². The molecule has 1 aliphatic heterocycles. The predicted octanol–water partition coefficient (Wildman–Crippen LogP) is -1.27. The number of aliphatic hydroxyl groups excluding tert-OH is 2. The molecule has 0 saturated carbocycles. The molecular formula is C10H12ClFN2O5. The molecule has 0 spiro atoms. The van der Waals surface area contributed by atoms with Crippen LogP contribution in [0.3, 0.4) is 0 Å². The zero-order valence-corrected chi connectivity index (χ0v) is 10.4. The van der Waals surface area contributed by atoms with Crippen LogP contribution in [0.25, 0.3) is 0 Å². The van der Waals surface area contributed by atoms with E-state index in [4.69, 9.17) is 16.3 Å². The molecule has 3 N–H and O–H groups in total. The average Bonchev–Trinajstić information content (AvgIpc) is 2.64. The van der Waals surface area contributed by atoms with E-state index >= 15 is 0 Å². The number of rotatable bonds is 3. The molecule has 0 bridgehead atoms. The van der Waals surface area contributed by atoms with Crippen molar-refractivity contribution in [3.05, 3.63) is 33.1 Å². The third-order valence-corrected chi connectivity index (χ3v) is 3.54. The summed E-state index contributed by atoms with van der Waals surface area (Å²) in [4.78, 5) is 24.4. The lowest BCUT2D eigenvalue weighted by molar-refractivity contribution is -0.115. The molecule has 0 aliphatic carbocycles. The van der Waals surface area contributed by atoms with Crippen molar-refractivity contribution in [2.24, 2.45) is 0 Å². The number of nitrogens with zero attached hydrogens (tertiary/aromatic N) is 1. The maximum absolute atomic E-state index is 14.0. The van der Waals surface area contributed by atoms with Crippen LogP contribution in [0.4, 0.5) is 4.39 Å². The lowest BCUT2D eigenvalue weighted by atomic mass is 9.99. The van der Waals surface area contributed by atoms with Crippen LogP contribution in [0.2, 0.25) is 0 Å². The summed E-state index contributed by atoms with van der Waals surface area (Å²) in [5.41, 5.74) is -3.20. The molecule has 2 heterocycles. The van der Waals surface area contributed by atoms with Crippen LogP contribution >= 0.6 is 11.6 Å². The van der Waals surface area contributed by atoms with Crippen LogP contribution in [0.1, 0.15) is 6.23 Å². The molecular weight excluding hydrogens is 283 g/mol. The number of hydrogen-bond donors (Lipinski definition) is 3. The lowest BCUT2D eigenvalue weighted by Gasteiger charge is -2.26. The fourth-order valence-corrected chi connectivity index (χ4v) is 2.25. The predicted molar refractivity (Wildman–Crippen MR) is 62.9 cm³/mol. The van der Waals surface area contributed by atoms with Crippen LogP contribution < -0.4 is 11.2 Å². The Morgan fingerprint density at radius 1 is 1.58 bits per heavy atom. The summed E-state index contributed by atoms with van der Waals surface area (Å²) in [5.74, 6) is -0.348. The number of nitrogens with one attached hydrogen (secondary N) is 1. The highest BCUT2D eigenvalue weighted by Gasteiger charge is 2.55. The van der Waals surface area contributed by atoms with Crippen molar-refractivity contribution in [3.8, 4) is 0 Å². The summed E-state index contributed by atoms with van der Waals surface area (Å²) in [7, 11) is 0. The monoisotopic (exact) mass is 294 g/mol. The van der Waals surface area contributed by atoms with Gasteiger partial charge in [0.15, 0.2) is 12.4 Å². The van der Waals surface area contributed by atoms with Crippen molar-refractivity contribution >= 4 is 11.6 Å². The summed E-state index contributed by atoms with van der Waals surface area (Å²) in [6.07, 6.45) is -4.06. The number of aromatic amines is 1. The molecule has 19 heavy (non-hydrogen) atoms. The largest absolute Gasteiger partial charge is 0.393 e. The molecule has 1 aromatic rings. The van der Waals surface area contributed by atoms with Gasteiger partial charge in [0.1, 0.15) is 11.7 Å². The van der Waals surface area contributed by atoms with Gasteiger partial charge < -0.3 is 14.9 Å². The number of aliphatic hydroxyl groups is 2. The highest BCUT2D eigenvalue weighted by atomic mass is 35.5. The van der Waals surface area contributed by atoms with Crippen LogP contribution in [0.5, 0.6) is 0 Å². The Morgan fingerprint density at radius 3 is 2.74 bits per heavy atom. The number of alkyl halides is 2. The van der Waals surface area contributed by atoms with E-state index < -0.39 is 42.0 Å². The van der Waals surface area contributed by atoms with Crippen molar-refractivity contribution < 1.29 is 19.3 Å². The topological polar surface area (TPSA) is 105 Å². The van der Waals surface area contributed by atoms with Gasteiger partial charge in [0.05, 0.1) is 12.5 Å². The van der Waals surface area contributed by atoms with Crippen molar-refractivity contribution in [2.45, 2.75) is 24.1 Å². The first-order valence-corrected chi connectivity index (χ1v) is 5.97. The van der Waals surface area contributed by atoms with Gasteiger partial charge in [-0.1, -0.05) is 0 Å². The summed E-state index contributed by atoms with van der Waals surface area (Å²) < 4.78 is 20.0. The third kappa shape index (κ3) is 2.20. The van der Waals surface area contributed by atoms with Gasteiger partial charge in [0.25, 0.3) is 5.56 Å². The van der Waals surface area contributed by atoms with Crippen molar-refractivity contribution in [1.29, 1.82) is 0 Å². The normalized spacial score (nSPS) is 34.6. The number of ether oxygens (including phenoxy) is 1. The zero-order valence-electron chi connectivity index (χ0n) is 9.62. The minimum atomic E-state index is -1.96. The second-order valence-corrected chi connectivity index (χ2v) is 4.54. The molecule has 4 atom stereocenters. The molecule has 1 aliphatic rings. The first kappa shape index (κ1) is 14.2. The summed E-state index contributed by atoms with van der Waals surface area (Å²) >= 11 is 5.59. The minimum absolute atomic E-state index is 0.348. The van der Waals surface area contributed by atoms with Crippen molar-refractivity contribution in [1.82, 2.24) is 9.55 Å². The quantitative estimate of drug-likeness (QED) is 0.603. The molecule has 0 aromatic carbocycles. The van der Waals surface area contributed by atoms with Gasteiger partial charge in [-0.3, -0.25) is 14.3 Å². The van der Waals surface area contributed by atoms with E-state index in [0.29, 0.717) is 0 Å². The van der Waals surface area contributed by atoms with Crippen LogP contribution in [0.15, 0.2) is 21.9 Å². The first-order chi connectivity index (χ1) is 8.95. The Bertz CT molecular complexity index is 570. The highest BCUT2D eigenvalue weighted by Crippen LogP contribution is 2.38. The van der Waals surface area contributed by atoms with Gasteiger partial charge in [-0.25, -0.2) is 9.18 Å². The Labute approximate surface area is 111 Å². The van der Waals surface area contributed by atoms with E-state index in [9.17, 15) is 24.2 Å². The Kier molecular flexibility index (Phi) is 3.77. The Hall–Kier alpha value is -1.22. The molecule has 7 nitrogen and oxygen atoms in total. The summed E-state index contributed by atoms with van der Waals surface area (Å²) in [6, 6.07) is 1.02. The van der Waals surface area contributed by atoms with Gasteiger partial charge in [-0.15, -0.1) is 11.6 Å². The second-order valence-electron chi connectivity index (χ2n) is 4.27. The standard InChI is InChI=1S/C10H12ClFN2O5/c11-3-10(4-15)7(17)6(12)8(19-10)14-2-1-5(16)13-9(14)18/h1-2,6-8,15,17H,3-4H2,(H,13,16,18)/t6-,7-,8+,10+/m0/s1. The van der Waals surface area contributed by atoms with E-state index in [-0.39, 0.29) is 5.88 Å². The van der Waals surface area contributed by atoms with Crippen LogP contribution in [-0.2, 0) is 4.74 Å². The molecule has 0 unspecified atom stereocenters. The molecule has 0 radical (unpaired) electrons. The number of halogens is 2. The van der Waals surface area contributed by atoms with Crippen molar-refractivity contribution in [3.63, 3.8) is 0 Å². The van der Waals surface area contributed by atoms with E-state index in [1.165, 1.54) is 0 Å². The van der Waals surface area contributed by atoms with E-state index in [1.807, 2.05) is 4.98 Å². The van der Waals surface area contributed by atoms with E-state index in [2.05, 4.69) is 0 Å². The Morgan fingerprint density at radius 2 is 2.26 bits per heavy atom. The van der Waals surface area contributed by atoms with Gasteiger partial charge in [-0.05, 0) is 0 Å². The number of H-pyrrole nitrogens is 1. The number of aromatic nitrogens is 2. The Balaban J connectivity index is 2.42. The van der Waals surface area contributed by atoms with Gasteiger partial charge in [0, 0.05) is 12.3 Å². The zero-order chi connectivity index (χ0) is 14.2. The molecule has 2 rings (SSSR count). The fraction of sp³-hybridized carbons (Fsp3) is 0.600. The van der Waals surface area contributed by atoms with E-state index in [1.54, 1.807) is 0 Å². The average molecular weight is 295 g/mol. The maximum Gasteiger partial charge on any atom is 0.330 e. The molecule has 1 fully saturated rings. The summed E-state index contributed by atoms with van der Waals surface area (Å²) in [5, 5.41) is 19.0. The lowest BCUT2D eigenvalue weighted by Crippen LogP contribution is -2.47. The number of hydrogen-bond acceptors (Lipinski definition) is 5. The minimum Gasteiger partial charge on any atom is -0.393 e. The van der Waals surface area contributed by atoms with Crippen LogP contribution in [0, 0.1) is 0 Å². The van der Waals surface area contributed by atoms with Gasteiger partial charge in [-0.2, -0.15) is 0 Å². The molecule has 1 aromatic heterocycles. The fourth-order valence-electron chi connectivity index (χ4n) is 1.94. The van der Waals surface area contributed by atoms with Gasteiger partial charge >= 0.3 is 5.69 Å². The SMILES string of the molecule is O=c1ccn([C@@H]2O[C@@](CO)(CCl)[C@@H](O)[C@@H]2F)c(=O)[nH]1. The van der Waals surface area contributed by atoms with Gasteiger partial charge in [0.2, 0.25) is 0 Å². The summed E-state index contributed by atoms with van der Waals surface area (Å²) in [6.45, 7) is -0.702. The smallest absolute Gasteiger partial charge is 0.330 e. The van der Waals surface area contributed by atoms with Crippen LogP contribution in [-0.4, -0.2) is 50.1 Å². The molecule has 106 valence electrons. The highest BCUT2D eigenvalue weighted by molar-refractivity contribution is 6.18. The second kappa shape index (κ2) is 5.04. The molecule has 9 heteroatoms. The first-order valence-electron chi connectivity index (χ1n) is 5.43. The maximum atomic E-state index is 14.0. The van der Waals surface area contributed by atoms with Crippen molar-refractivity contribution in [2.75, 3.05) is 12.5 Å². The molecule has 1 saturated heterocycles.